The second kappa shape index (κ2) is 6.64. The number of amides is 1. The van der Waals surface area contributed by atoms with Crippen LogP contribution < -0.4 is 5.32 Å². The molecule has 1 saturated heterocycles. The minimum atomic E-state index is -3.91. The predicted octanol–water partition coefficient (Wildman–Crippen LogP) is 0.392. The van der Waals surface area contributed by atoms with Gasteiger partial charge in [0, 0.05) is 18.1 Å². The van der Waals surface area contributed by atoms with E-state index < -0.39 is 27.9 Å². The first-order valence-electron chi connectivity index (χ1n) is 6.48. The molecule has 0 aliphatic carbocycles. The van der Waals surface area contributed by atoms with Gasteiger partial charge in [0.2, 0.25) is 15.9 Å². The smallest absolute Gasteiger partial charge is 0.307 e. The van der Waals surface area contributed by atoms with Crippen molar-refractivity contribution in [2.75, 3.05) is 20.2 Å². The number of carbonyl (C=O) groups is 2. The Morgan fingerprint density at radius 1 is 1.41 bits per heavy atom. The van der Waals surface area contributed by atoms with E-state index in [4.69, 9.17) is 11.6 Å². The minimum Gasteiger partial charge on any atom is -0.469 e. The van der Waals surface area contributed by atoms with Gasteiger partial charge in [-0.1, -0.05) is 11.6 Å². The number of halogens is 1. The Kier molecular flexibility index (Phi) is 5.05. The Balaban J connectivity index is 2.35. The monoisotopic (exact) mass is 346 g/mol. The Labute approximate surface area is 133 Å². The van der Waals surface area contributed by atoms with Gasteiger partial charge < -0.3 is 10.1 Å². The highest BCUT2D eigenvalue weighted by atomic mass is 35.5. The van der Waals surface area contributed by atoms with Crippen LogP contribution in [0.2, 0.25) is 5.02 Å². The van der Waals surface area contributed by atoms with Crippen molar-refractivity contribution in [2.24, 2.45) is 0 Å². The van der Waals surface area contributed by atoms with E-state index in [1.54, 1.807) is 0 Å². The molecule has 1 aliphatic heterocycles. The van der Waals surface area contributed by atoms with Gasteiger partial charge in [0.05, 0.1) is 18.4 Å². The van der Waals surface area contributed by atoms with E-state index in [2.05, 4.69) is 10.1 Å². The van der Waals surface area contributed by atoms with E-state index in [1.165, 1.54) is 31.4 Å². The Morgan fingerprint density at radius 2 is 2.05 bits per heavy atom. The molecular formula is C13H15ClN2O5S. The lowest BCUT2D eigenvalue weighted by atomic mass is 10.1. The highest BCUT2D eigenvalue weighted by Gasteiger charge is 2.39. The molecule has 1 amide bonds. The summed E-state index contributed by atoms with van der Waals surface area (Å²) in [7, 11) is -2.73. The summed E-state index contributed by atoms with van der Waals surface area (Å²) in [6, 6.07) is 4.50. The zero-order chi connectivity index (χ0) is 16.3. The van der Waals surface area contributed by atoms with Crippen molar-refractivity contribution in [3.05, 3.63) is 29.3 Å². The van der Waals surface area contributed by atoms with E-state index in [-0.39, 0.29) is 24.4 Å². The van der Waals surface area contributed by atoms with Gasteiger partial charge in [-0.2, -0.15) is 4.31 Å². The van der Waals surface area contributed by atoms with Crippen LogP contribution in [0.5, 0.6) is 0 Å². The van der Waals surface area contributed by atoms with Gasteiger partial charge in [0.25, 0.3) is 0 Å². The van der Waals surface area contributed by atoms with Gasteiger partial charge in [0.15, 0.2) is 0 Å². The largest absolute Gasteiger partial charge is 0.469 e. The van der Waals surface area contributed by atoms with Gasteiger partial charge in [-0.25, -0.2) is 8.42 Å². The fourth-order valence-corrected chi connectivity index (χ4v) is 3.87. The summed E-state index contributed by atoms with van der Waals surface area (Å²) in [5.74, 6) is -1.17. The fourth-order valence-electron chi connectivity index (χ4n) is 2.16. The van der Waals surface area contributed by atoms with Crippen LogP contribution in [0.1, 0.15) is 6.42 Å². The van der Waals surface area contributed by atoms with Crippen molar-refractivity contribution in [3.63, 3.8) is 0 Å². The van der Waals surface area contributed by atoms with E-state index >= 15 is 0 Å². The minimum absolute atomic E-state index is 0.0152. The zero-order valence-corrected chi connectivity index (χ0v) is 13.4. The molecular weight excluding hydrogens is 332 g/mol. The third-order valence-corrected chi connectivity index (χ3v) is 5.46. The summed E-state index contributed by atoms with van der Waals surface area (Å²) >= 11 is 5.75. The van der Waals surface area contributed by atoms with Crippen LogP contribution in [0, 0.1) is 0 Å². The summed E-state index contributed by atoms with van der Waals surface area (Å²) in [6.07, 6.45) is -0.338. The normalized spacial score (nSPS) is 19.5. The number of rotatable bonds is 4. The first-order valence-corrected chi connectivity index (χ1v) is 8.30. The molecule has 1 aromatic carbocycles. The number of sulfonamides is 1. The number of benzene rings is 1. The first kappa shape index (κ1) is 16.7. The van der Waals surface area contributed by atoms with E-state index in [0.717, 1.165) is 4.31 Å². The molecule has 1 heterocycles. The molecule has 0 aromatic heterocycles. The molecule has 0 saturated carbocycles. The van der Waals surface area contributed by atoms with Crippen molar-refractivity contribution < 1.29 is 22.7 Å². The van der Waals surface area contributed by atoms with Gasteiger partial charge in [-0.05, 0) is 24.3 Å². The van der Waals surface area contributed by atoms with Gasteiger partial charge in [-0.15, -0.1) is 0 Å². The fraction of sp³-hybridized carbons (Fsp3) is 0.385. The van der Waals surface area contributed by atoms with E-state index in [9.17, 15) is 18.0 Å². The molecule has 120 valence electrons. The summed E-state index contributed by atoms with van der Waals surface area (Å²) in [5.41, 5.74) is 0. The number of carbonyl (C=O) groups excluding carboxylic acids is 2. The standard InChI is InChI=1S/C13H15ClN2O5S/c1-21-12(17)8-11-13(18)15-6-7-16(11)22(19,20)10-4-2-9(14)3-5-10/h2-5,11H,6-8H2,1H3,(H,15,18). The van der Waals surface area contributed by atoms with Crippen LogP contribution in [-0.4, -0.2) is 50.8 Å². The van der Waals surface area contributed by atoms with Gasteiger partial charge in [-0.3, -0.25) is 9.59 Å². The molecule has 1 unspecified atom stereocenters. The highest BCUT2D eigenvalue weighted by Crippen LogP contribution is 2.23. The topological polar surface area (TPSA) is 92.8 Å². The lowest BCUT2D eigenvalue weighted by molar-refractivity contribution is -0.144. The van der Waals surface area contributed by atoms with Crippen molar-refractivity contribution in [1.82, 2.24) is 9.62 Å². The molecule has 9 heteroatoms. The Bertz CT molecular complexity index is 674. The average Bonchev–Trinajstić information content (AvgIpc) is 2.49. The van der Waals surface area contributed by atoms with Crippen LogP contribution >= 0.6 is 11.6 Å². The van der Waals surface area contributed by atoms with Gasteiger partial charge in [0.1, 0.15) is 6.04 Å². The SMILES string of the molecule is COC(=O)CC1C(=O)NCCN1S(=O)(=O)c1ccc(Cl)cc1. The highest BCUT2D eigenvalue weighted by molar-refractivity contribution is 7.89. The summed E-state index contributed by atoms with van der Waals surface area (Å²) in [4.78, 5) is 23.4. The summed E-state index contributed by atoms with van der Waals surface area (Å²) in [5, 5.41) is 2.95. The van der Waals surface area contributed by atoms with Crippen LogP contribution in [-0.2, 0) is 24.3 Å². The van der Waals surface area contributed by atoms with E-state index in [1.807, 2.05) is 0 Å². The lowest BCUT2D eigenvalue weighted by Gasteiger charge is -2.33. The number of nitrogens with zero attached hydrogens (tertiary/aromatic N) is 1. The molecule has 1 fully saturated rings. The van der Waals surface area contributed by atoms with Crippen molar-refractivity contribution in [3.8, 4) is 0 Å². The molecule has 22 heavy (non-hydrogen) atoms. The molecule has 0 spiro atoms. The molecule has 1 atom stereocenters. The molecule has 1 N–H and O–H groups in total. The molecule has 1 aliphatic rings. The van der Waals surface area contributed by atoms with Crippen LogP contribution in [0.15, 0.2) is 29.2 Å². The number of esters is 1. The number of nitrogens with one attached hydrogen (secondary N) is 1. The maximum atomic E-state index is 12.7. The van der Waals surface area contributed by atoms with Crippen molar-refractivity contribution >= 4 is 33.5 Å². The third kappa shape index (κ3) is 3.40. The van der Waals surface area contributed by atoms with Crippen LogP contribution in [0.4, 0.5) is 0 Å². The molecule has 0 bridgehead atoms. The molecule has 7 nitrogen and oxygen atoms in total. The van der Waals surface area contributed by atoms with Crippen molar-refractivity contribution in [2.45, 2.75) is 17.4 Å². The number of hydrogen-bond acceptors (Lipinski definition) is 5. The number of ether oxygens (including phenoxy) is 1. The van der Waals surface area contributed by atoms with E-state index in [0.29, 0.717) is 5.02 Å². The van der Waals surface area contributed by atoms with Crippen LogP contribution in [0.25, 0.3) is 0 Å². The Morgan fingerprint density at radius 3 is 2.64 bits per heavy atom. The quantitative estimate of drug-likeness (QED) is 0.796. The van der Waals surface area contributed by atoms with Crippen molar-refractivity contribution in [1.29, 1.82) is 0 Å². The molecule has 1 aromatic rings. The second-order valence-corrected chi connectivity index (χ2v) is 6.98. The number of piperazine rings is 1. The first-order chi connectivity index (χ1) is 10.4. The summed E-state index contributed by atoms with van der Waals surface area (Å²) < 4.78 is 30.9. The maximum absolute atomic E-state index is 12.7. The summed E-state index contributed by atoms with van der Waals surface area (Å²) in [6.45, 7) is 0.266. The maximum Gasteiger partial charge on any atom is 0.307 e. The number of hydrogen-bond donors (Lipinski definition) is 1. The Hall–Kier alpha value is -1.64. The molecule has 0 radical (unpaired) electrons. The molecule has 2 rings (SSSR count). The van der Waals surface area contributed by atoms with Crippen LogP contribution in [0.3, 0.4) is 0 Å². The number of methoxy groups -OCH3 is 1. The predicted molar refractivity (Wildman–Crippen MR) is 78.8 cm³/mol. The average molecular weight is 347 g/mol. The zero-order valence-electron chi connectivity index (χ0n) is 11.8. The second-order valence-electron chi connectivity index (χ2n) is 4.66. The van der Waals surface area contributed by atoms with Gasteiger partial charge >= 0.3 is 5.97 Å². The lowest BCUT2D eigenvalue weighted by Crippen LogP contribution is -2.57. The third-order valence-electron chi connectivity index (χ3n) is 3.29.